The van der Waals surface area contributed by atoms with E-state index < -0.39 is 0 Å². The molecule has 17 heavy (non-hydrogen) atoms. The van der Waals surface area contributed by atoms with Crippen LogP contribution < -0.4 is 5.32 Å². The van der Waals surface area contributed by atoms with E-state index in [9.17, 15) is 0 Å². The Kier molecular flexibility index (Phi) is 4.42. The van der Waals surface area contributed by atoms with Crippen molar-refractivity contribution in [3.63, 3.8) is 0 Å². The third-order valence-electron chi connectivity index (χ3n) is 3.41. The largest absolute Gasteiger partial charge is 0.383 e. The molecule has 1 aliphatic rings. The highest BCUT2D eigenvalue weighted by molar-refractivity contribution is 5.29. The van der Waals surface area contributed by atoms with Crippen LogP contribution in [0, 0.1) is 6.92 Å². The van der Waals surface area contributed by atoms with Gasteiger partial charge in [-0.15, -0.1) is 0 Å². The van der Waals surface area contributed by atoms with Crippen molar-refractivity contribution in [2.75, 3.05) is 25.6 Å². The number of imidazole rings is 1. The number of anilines is 1. The van der Waals surface area contributed by atoms with Gasteiger partial charge in [0.15, 0.2) is 0 Å². The number of nitrogens with zero attached hydrogens (tertiary/aromatic N) is 2. The van der Waals surface area contributed by atoms with Crippen molar-refractivity contribution in [2.45, 2.75) is 45.1 Å². The first kappa shape index (κ1) is 12.4. The molecule has 4 heteroatoms. The molecule has 1 saturated carbocycles. The van der Waals surface area contributed by atoms with E-state index in [0.29, 0.717) is 6.04 Å². The summed E-state index contributed by atoms with van der Waals surface area (Å²) in [6.07, 6.45) is 8.82. The summed E-state index contributed by atoms with van der Waals surface area (Å²) in [6.45, 7) is 3.59. The molecule has 0 atom stereocenters. The van der Waals surface area contributed by atoms with Crippen molar-refractivity contribution in [1.29, 1.82) is 0 Å². The average Bonchev–Trinajstić information content (AvgIpc) is 2.72. The minimum Gasteiger partial charge on any atom is -0.383 e. The quantitative estimate of drug-likeness (QED) is 0.800. The monoisotopic (exact) mass is 237 g/mol. The maximum atomic E-state index is 5.06. The van der Waals surface area contributed by atoms with Crippen LogP contribution in [-0.4, -0.2) is 29.8 Å². The van der Waals surface area contributed by atoms with Crippen LogP contribution in [0.25, 0.3) is 0 Å². The van der Waals surface area contributed by atoms with Crippen LogP contribution >= 0.6 is 0 Å². The Hall–Kier alpha value is -1.03. The predicted molar refractivity (Wildman–Crippen MR) is 69.5 cm³/mol. The smallest absolute Gasteiger partial charge is 0.203 e. The molecule has 0 amide bonds. The lowest BCUT2D eigenvalue weighted by molar-refractivity contribution is 0.210. The van der Waals surface area contributed by atoms with Crippen molar-refractivity contribution in [3.05, 3.63) is 11.9 Å². The van der Waals surface area contributed by atoms with E-state index in [0.717, 1.165) is 24.8 Å². The van der Waals surface area contributed by atoms with Crippen LogP contribution in [-0.2, 0) is 4.74 Å². The standard InChI is InChI=1S/C13H23N3O/c1-11-10-16(12-6-4-3-5-7-12)13(15-11)14-8-9-17-2/h10,12H,3-9H2,1-2H3,(H,14,15). The predicted octanol–water partition coefficient (Wildman–Crippen LogP) is 2.76. The summed E-state index contributed by atoms with van der Waals surface area (Å²) in [5, 5.41) is 3.36. The SMILES string of the molecule is COCCNc1nc(C)cn1C1CCCCC1. The molecule has 0 aliphatic heterocycles. The van der Waals surface area contributed by atoms with Crippen molar-refractivity contribution < 1.29 is 4.74 Å². The van der Waals surface area contributed by atoms with Crippen molar-refractivity contribution in [2.24, 2.45) is 0 Å². The van der Waals surface area contributed by atoms with Crippen molar-refractivity contribution >= 4 is 5.95 Å². The molecule has 1 fully saturated rings. The maximum Gasteiger partial charge on any atom is 0.203 e. The zero-order valence-corrected chi connectivity index (χ0v) is 10.9. The molecule has 2 rings (SSSR count). The molecule has 96 valence electrons. The Morgan fingerprint density at radius 3 is 2.88 bits per heavy atom. The number of aryl methyl sites for hydroxylation is 1. The molecule has 0 spiro atoms. The van der Waals surface area contributed by atoms with E-state index in [1.807, 2.05) is 0 Å². The molecule has 0 unspecified atom stereocenters. The van der Waals surface area contributed by atoms with Gasteiger partial charge in [0.2, 0.25) is 5.95 Å². The van der Waals surface area contributed by atoms with E-state index in [1.54, 1.807) is 7.11 Å². The molecule has 0 aromatic carbocycles. The van der Waals surface area contributed by atoms with Gasteiger partial charge in [0.05, 0.1) is 12.3 Å². The highest BCUT2D eigenvalue weighted by atomic mass is 16.5. The lowest BCUT2D eigenvalue weighted by atomic mass is 9.95. The molecule has 1 N–H and O–H groups in total. The fourth-order valence-electron chi connectivity index (χ4n) is 2.55. The second-order valence-corrected chi connectivity index (χ2v) is 4.82. The van der Waals surface area contributed by atoms with Crippen LogP contribution in [0.1, 0.15) is 43.8 Å². The molecule has 0 saturated heterocycles. The Morgan fingerprint density at radius 2 is 2.18 bits per heavy atom. The van der Waals surface area contributed by atoms with Crippen LogP contribution in [0.5, 0.6) is 0 Å². The second-order valence-electron chi connectivity index (χ2n) is 4.82. The van der Waals surface area contributed by atoms with Gasteiger partial charge in [-0.1, -0.05) is 19.3 Å². The summed E-state index contributed by atoms with van der Waals surface area (Å²) in [4.78, 5) is 4.55. The first-order valence-electron chi connectivity index (χ1n) is 6.59. The Balaban J connectivity index is 2.03. The topological polar surface area (TPSA) is 39.1 Å². The molecule has 1 heterocycles. The number of methoxy groups -OCH3 is 1. The molecule has 1 aromatic rings. The Labute approximate surface area is 103 Å². The van der Waals surface area contributed by atoms with Gasteiger partial charge < -0.3 is 14.6 Å². The third kappa shape index (κ3) is 3.22. The number of aromatic nitrogens is 2. The molecular weight excluding hydrogens is 214 g/mol. The van der Waals surface area contributed by atoms with Crippen molar-refractivity contribution in [1.82, 2.24) is 9.55 Å². The van der Waals surface area contributed by atoms with E-state index in [-0.39, 0.29) is 0 Å². The minimum atomic E-state index is 0.634. The average molecular weight is 237 g/mol. The molecular formula is C13H23N3O. The van der Waals surface area contributed by atoms with Gasteiger partial charge in [-0.05, 0) is 19.8 Å². The summed E-state index contributed by atoms with van der Waals surface area (Å²) in [5.41, 5.74) is 1.09. The van der Waals surface area contributed by atoms with Gasteiger partial charge in [0, 0.05) is 25.9 Å². The molecule has 4 nitrogen and oxygen atoms in total. The lowest BCUT2D eigenvalue weighted by Crippen LogP contribution is -2.17. The van der Waals surface area contributed by atoms with Gasteiger partial charge in [-0.2, -0.15) is 0 Å². The van der Waals surface area contributed by atoms with Crippen LogP contribution in [0.2, 0.25) is 0 Å². The van der Waals surface area contributed by atoms with E-state index in [4.69, 9.17) is 4.74 Å². The number of hydrogen-bond donors (Lipinski definition) is 1. The third-order valence-corrected chi connectivity index (χ3v) is 3.41. The van der Waals surface area contributed by atoms with Gasteiger partial charge in [-0.3, -0.25) is 0 Å². The van der Waals surface area contributed by atoms with E-state index >= 15 is 0 Å². The van der Waals surface area contributed by atoms with Crippen LogP contribution in [0.4, 0.5) is 5.95 Å². The Bertz CT molecular complexity index is 342. The normalized spacial score (nSPS) is 17.3. The molecule has 1 aromatic heterocycles. The van der Waals surface area contributed by atoms with E-state index in [2.05, 4.69) is 28.0 Å². The minimum absolute atomic E-state index is 0.634. The second kappa shape index (κ2) is 6.05. The highest BCUT2D eigenvalue weighted by Crippen LogP contribution is 2.30. The Morgan fingerprint density at radius 1 is 1.41 bits per heavy atom. The maximum absolute atomic E-state index is 5.06. The first-order chi connectivity index (χ1) is 8.31. The molecule has 1 aliphatic carbocycles. The van der Waals surface area contributed by atoms with Crippen molar-refractivity contribution in [3.8, 4) is 0 Å². The van der Waals surface area contributed by atoms with Crippen LogP contribution in [0.15, 0.2) is 6.20 Å². The lowest BCUT2D eigenvalue weighted by Gasteiger charge is -2.24. The summed E-state index contributed by atoms with van der Waals surface area (Å²) in [5.74, 6) is 1.01. The summed E-state index contributed by atoms with van der Waals surface area (Å²) >= 11 is 0. The first-order valence-corrected chi connectivity index (χ1v) is 6.59. The van der Waals surface area contributed by atoms with Crippen LogP contribution in [0.3, 0.4) is 0 Å². The number of ether oxygens (including phenoxy) is 1. The summed E-state index contributed by atoms with van der Waals surface area (Å²) < 4.78 is 7.38. The van der Waals surface area contributed by atoms with Gasteiger partial charge in [0.1, 0.15) is 0 Å². The van der Waals surface area contributed by atoms with Gasteiger partial charge >= 0.3 is 0 Å². The van der Waals surface area contributed by atoms with Gasteiger partial charge in [-0.25, -0.2) is 4.98 Å². The molecule has 0 radical (unpaired) electrons. The van der Waals surface area contributed by atoms with Gasteiger partial charge in [0.25, 0.3) is 0 Å². The summed E-state index contributed by atoms with van der Waals surface area (Å²) in [7, 11) is 1.72. The number of rotatable bonds is 5. The van der Waals surface area contributed by atoms with E-state index in [1.165, 1.54) is 32.1 Å². The fourth-order valence-corrected chi connectivity index (χ4v) is 2.55. The zero-order chi connectivity index (χ0) is 12.1. The number of hydrogen-bond acceptors (Lipinski definition) is 3. The zero-order valence-electron chi connectivity index (χ0n) is 10.9. The fraction of sp³-hybridized carbons (Fsp3) is 0.769. The molecule has 0 bridgehead atoms. The number of nitrogens with one attached hydrogen (secondary N) is 1. The highest BCUT2D eigenvalue weighted by Gasteiger charge is 2.18. The summed E-state index contributed by atoms with van der Waals surface area (Å²) in [6, 6.07) is 0.634.